The maximum Gasteiger partial charge on any atom is 0.416 e. The number of imidazole rings is 1. The van der Waals surface area contributed by atoms with E-state index in [2.05, 4.69) is 20.3 Å². The Morgan fingerprint density at radius 3 is 2.70 bits per heavy atom. The number of alkyl halides is 3. The number of aryl methyl sites for hydroxylation is 1. The van der Waals surface area contributed by atoms with Crippen molar-refractivity contribution in [1.82, 2.24) is 24.8 Å². The predicted molar refractivity (Wildman–Crippen MR) is 131 cm³/mol. The quantitative estimate of drug-likeness (QED) is 0.308. The molecule has 0 aliphatic rings. The fourth-order valence-corrected chi connectivity index (χ4v) is 3.65. The largest absolute Gasteiger partial charge is 0.497 e. The summed E-state index contributed by atoms with van der Waals surface area (Å²) in [7, 11) is 1.58. The van der Waals surface area contributed by atoms with Gasteiger partial charge in [0.2, 0.25) is 0 Å². The Kier molecular flexibility index (Phi) is 7.75. The van der Waals surface area contributed by atoms with E-state index in [-0.39, 0.29) is 19.0 Å². The molecule has 0 saturated carbocycles. The van der Waals surface area contributed by atoms with Crippen LogP contribution in [0.2, 0.25) is 0 Å². The Morgan fingerprint density at radius 1 is 1.11 bits per heavy atom. The SMILES string of the molecule is COc1cccc(-c2nc(N)c3ncn(CCCCOC(=O)NCc4cccc(C(F)(F)F)c4)c3n2)c1. The predicted octanol–water partition coefficient (Wildman–Crippen LogP) is 4.81. The van der Waals surface area contributed by atoms with Crippen LogP contribution in [0.1, 0.15) is 24.0 Å². The number of fused-ring (bicyclic) bond motifs is 1. The Morgan fingerprint density at radius 2 is 1.92 bits per heavy atom. The van der Waals surface area contributed by atoms with Gasteiger partial charge in [-0.05, 0) is 42.7 Å². The van der Waals surface area contributed by atoms with Crippen molar-refractivity contribution >= 4 is 23.1 Å². The standard InChI is InChI=1S/C25H25F3N6O3/c1-36-19-9-5-7-17(13-19)22-32-21(29)20-23(33-22)34(15-31-20)10-2-3-11-37-24(35)30-14-16-6-4-8-18(12-16)25(26,27)28/h4-9,12-13,15H,2-3,10-11,14H2,1H3,(H,30,35)(H2,29,32,33). The van der Waals surface area contributed by atoms with Crippen LogP contribution in [-0.2, 0) is 24.0 Å². The molecule has 0 spiro atoms. The molecular weight excluding hydrogens is 489 g/mol. The smallest absolute Gasteiger partial charge is 0.416 e. The van der Waals surface area contributed by atoms with Crippen LogP contribution in [0, 0.1) is 0 Å². The Balaban J connectivity index is 1.28. The molecule has 37 heavy (non-hydrogen) atoms. The van der Waals surface area contributed by atoms with Gasteiger partial charge in [-0.25, -0.2) is 19.7 Å². The summed E-state index contributed by atoms with van der Waals surface area (Å²) in [6.07, 6.45) is -2.29. The molecule has 2 aromatic heterocycles. The number of rotatable bonds is 9. The van der Waals surface area contributed by atoms with Crippen molar-refractivity contribution in [3.05, 3.63) is 66.0 Å². The number of amides is 1. The first-order valence-electron chi connectivity index (χ1n) is 11.4. The first-order chi connectivity index (χ1) is 17.7. The number of methoxy groups -OCH3 is 1. The van der Waals surface area contributed by atoms with E-state index in [4.69, 9.17) is 15.2 Å². The van der Waals surface area contributed by atoms with Gasteiger partial charge in [0.1, 0.15) is 11.3 Å². The van der Waals surface area contributed by atoms with Crippen molar-refractivity contribution in [2.75, 3.05) is 19.5 Å². The highest BCUT2D eigenvalue weighted by Gasteiger charge is 2.30. The summed E-state index contributed by atoms with van der Waals surface area (Å²) in [5, 5.41) is 2.46. The zero-order valence-electron chi connectivity index (χ0n) is 20.0. The van der Waals surface area contributed by atoms with Crippen molar-refractivity contribution in [2.45, 2.75) is 32.1 Å². The molecule has 0 bridgehead atoms. The number of nitrogens with two attached hydrogens (primary N) is 1. The van der Waals surface area contributed by atoms with E-state index in [1.807, 2.05) is 28.8 Å². The lowest BCUT2D eigenvalue weighted by Gasteiger charge is -2.10. The van der Waals surface area contributed by atoms with Crippen molar-refractivity contribution < 1.29 is 27.4 Å². The number of nitrogens with one attached hydrogen (secondary N) is 1. The summed E-state index contributed by atoms with van der Waals surface area (Å²) in [5.74, 6) is 1.39. The van der Waals surface area contributed by atoms with Gasteiger partial charge in [0.25, 0.3) is 0 Å². The molecule has 0 aliphatic heterocycles. The number of ether oxygens (including phenoxy) is 2. The number of carbonyl (C=O) groups excluding carboxylic acids is 1. The van der Waals surface area contributed by atoms with E-state index in [1.165, 1.54) is 12.1 Å². The molecule has 0 unspecified atom stereocenters. The molecule has 0 aliphatic carbocycles. The van der Waals surface area contributed by atoms with Gasteiger partial charge in [-0.3, -0.25) is 0 Å². The molecule has 0 saturated heterocycles. The van der Waals surface area contributed by atoms with Gasteiger partial charge in [-0.15, -0.1) is 0 Å². The number of aromatic nitrogens is 4. The summed E-state index contributed by atoms with van der Waals surface area (Å²) in [4.78, 5) is 25.2. The minimum absolute atomic E-state index is 0.0689. The van der Waals surface area contributed by atoms with Crippen LogP contribution >= 0.6 is 0 Å². The van der Waals surface area contributed by atoms with E-state index >= 15 is 0 Å². The molecule has 194 valence electrons. The number of halogens is 3. The van der Waals surface area contributed by atoms with Crippen molar-refractivity contribution in [2.24, 2.45) is 0 Å². The molecule has 2 aromatic carbocycles. The van der Waals surface area contributed by atoms with E-state index in [1.54, 1.807) is 13.4 Å². The molecule has 0 atom stereocenters. The van der Waals surface area contributed by atoms with E-state index < -0.39 is 17.8 Å². The Hall–Kier alpha value is -4.35. The molecule has 12 heteroatoms. The average Bonchev–Trinajstić information content (AvgIpc) is 3.30. The van der Waals surface area contributed by atoms with Crippen molar-refractivity contribution in [1.29, 1.82) is 0 Å². The average molecular weight is 515 g/mol. The molecular formula is C25H25F3N6O3. The summed E-state index contributed by atoms with van der Waals surface area (Å²) in [6.45, 7) is 0.632. The Labute approximate surface area is 210 Å². The van der Waals surface area contributed by atoms with Gasteiger partial charge >= 0.3 is 12.3 Å². The first kappa shape index (κ1) is 25.7. The third-order valence-electron chi connectivity index (χ3n) is 5.54. The molecule has 4 rings (SSSR count). The summed E-state index contributed by atoms with van der Waals surface area (Å²) in [5.41, 5.74) is 7.51. The van der Waals surface area contributed by atoms with Crippen molar-refractivity contribution in [3.8, 4) is 17.1 Å². The third kappa shape index (κ3) is 6.46. The van der Waals surface area contributed by atoms with Crippen LogP contribution in [0.25, 0.3) is 22.6 Å². The minimum atomic E-state index is -4.44. The fourth-order valence-electron chi connectivity index (χ4n) is 3.65. The van der Waals surface area contributed by atoms with Gasteiger partial charge < -0.3 is 25.1 Å². The number of anilines is 1. The lowest BCUT2D eigenvalue weighted by molar-refractivity contribution is -0.137. The summed E-state index contributed by atoms with van der Waals surface area (Å²) >= 11 is 0. The second-order valence-electron chi connectivity index (χ2n) is 8.17. The monoisotopic (exact) mass is 514 g/mol. The van der Waals surface area contributed by atoms with Crippen molar-refractivity contribution in [3.63, 3.8) is 0 Å². The zero-order valence-corrected chi connectivity index (χ0v) is 20.0. The highest BCUT2D eigenvalue weighted by atomic mass is 19.4. The second-order valence-corrected chi connectivity index (χ2v) is 8.17. The van der Waals surface area contributed by atoms with Crippen LogP contribution in [0.4, 0.5) is 23.8 Å². The number of benzene rings is 2. The molecule has 1 amide bonds. The third-order valence-corrected chi connectivity index (χ3v) is 5.54. The van der Waals surface area contributed by atoms with Crippen LogP contribution in [0.3, 0.4) is 0 Å². The first-order valence-corrected chi connectivity index (χ1v) is 11.4. The topological polar surface area (TPSA) is 117 Å². The maximum absolute atomic E-state index is 12.8. The summed E-state index contributed by atoms with van der Waals surface area (Å²) in [6, 6.07) is 12.1. The number of nitrogen functional groups attached to an aromatic ring is 1. The van der Waals surface area contributed by atoms with Gasteiger partial charge in [0.15, 0.2) is 17.3 Å². The van der Waals surface area contributed by atoms with E-state index in [0.29, 0.717) is 47.7 Å². The van der Waals surface area contributed by atoms with Gasteiger partial charge in [0.05, 0.1) is 25.6 Å². The van der Waals surface area contributed by atoms with E-state index in [0.717, 1.165) is 17.7 Å². The molecule has 9 nitrogen and oxygen atoms in total. The number of nitrogens with zero attached hydrogens (tertiary/aromatic N) is 4. The number of hydrogen-bond acceptors (Lipinski definition) is 7. The molecule has 4 aromatic rings. The molecule has 3 N–H and O–H groups in total. The fraction of sp³-hybridized carbons (Fsp3) is 0.280. The van der Waals surface area contributed by atoms with Gasteiger partial charge in [-0.1, -0.05) is 24.3 Å². The highest BCUT2D eigenvalue weighted by Crippen LogP contribution is 2.29. The van der Waals surface area contributed by atoms with Gasteiger partial charge in [-0.2, -0.15) is 13.2 Å². The summed E-state index contributed by atoms with van der Waals surface area (Å²) < 4.78 is 50.7. The highest BCUT2D eigenvalue weighted by molar-refractivity contribution is 5.83. The lowest BCUT2D eigenvalue weighted by atomic mass is 10.1. The lowest BCUT2D eigenvalue weighted by Crippen LogP contribution is -2.24. The molecule has 0 radical (unpaired) electrons. The normalized spacial score (nSPS) is 11.5. The van der Waals surface area contributed by atoms with E-state index in [9.17, 15) is 18.0 Å². The molecule has 2 heterocycles. The minimum Gasteiger partial charge on any atom is -0.497 e. The van der Waals surface area contributed by atoms with Crippen LogP contribution < -0.4 is 15.8 Å². The number of unbranched alkanes of at least 4 members (excludes halogenated alkanes) is 1. The van der Waals surface area contributed by atoms with Gasteiger partial charge in [0, 0.05) is 18.7 Å². The van der Waals surface area contributed by atoms with Crippen LogP contribution in [0.15, 0.2) is 54.9 Å². The zero-order chi connectivity index (χ0) is 26.4. The second kappa shape index (κ2) is 11.1. The number of alkyl carbamates (subject to hydrolysis) is 1. The molecule has 0 fully saturated rings. The van der Waals surface area contributed by atoms with Crippen LogP contribution in [-0.4, -0.2) is 39.3 Å². The number of carbonyl (C=O) groups is 1. The number of hydrogen-bond donors (Lipinski definition) is 2. The van der Waals surface area contributed by atoms with Crippen LogP contribution in [0.5, 0.6) is 5.75 Å². The maximum atomic E-state index is 12.8. The Bertz CT molecular complexity index is 1390.